The molecule has 0 atom stereocenters. The predicted octanol–water partition coefficient (Wildman–Crippen LogP) is 2.70. The van der Waals surface area contributed by atoms with Gasteiger partial charge in [0.05, 0.1) is 19.5 Å². The summed E-state index contributed by atoms with van der Waals surface area (Å²) in [5, 5.41) is 4.13. The highest BCUT2D eigenvalue weighted by Crippen LogP contribution is 2.24. The molecule has 0 radical (unpaired) electrons. The Balaban J connectivity index is 2.13. The van der Waals surface area contributed by atoms with Gasteiger partial charge in [0.2, 0.25) is 0 Å². The van der Waals surface area contributed by atoms with Crippen molar-refractivity contribution in [2.45, 2.75) is 13.5 Å². The Labute approximate surface area is 94.4 Å². The Kier molecular flexibility index (Phi) is 3.10. The zero-order valence-corrected chi connectivity index (χ0v) is 9.38. The number of methoxy groups -OCH3 is 1. The van der Waals surface area contributed by atoms with E-state index in [1.54, 1.807) is 13.3 Å². The Morgan fingerprint density at radius 1 is 1.25 bits per heavy atom. The van der Waals surface area contributed by atoms with E-state index in [0.29, 0.717) is 0 Å². The molecule has 16 heavy (non-hydrogen) atoms. The number of hydrogen-bond acceptors (Lipinski definition) is 3. The first kappa shape index (κ1) is 10.5. The molecule has 0 aliphatic heterocycles. The Morgan fingerprint density at radius 3 is 2.75 bits per heavy atom. The van der Waals surface area contributed by atoms with E-state index < -0.39 is 0 Å². The van der Waals surface area contributed by atoms with Gasteiger partial charge in [0.15, 0.2) is 5.75 Å². The highest BCUT2D eigenvalue weighted by Gasteiger charge is 2.01. The van der Waals surface area contributed by atoms with Gasteiger partial charge in [-0.1, -0.05) is 6.07 Å². The molecular formula is C12H14N2O2. The van der Waals surface area contributed by atoms with Gasteiger partial charge in [-0.05, 0) is 19.1 Å². The van der Waals surface area contributed by atoms with Crippen LogP contribution >= 0.6 is 0 Å². The monoisotopic (exact) mass is 218 g/mol. The summed E-state index contributed by atoms with van der Waals surface area (Å²) in [4.78, 5) is 0. The maximum atomic E-state index is 5.64. The van der Waals surface area contributed by atoms with Crippen molar-refractivity contribution in [1.82, 2.24) is 9.78 Å². The van der Waals surface area contributed by atoms with Crippen molar-refractivity contribution in [3.05, 3.63) is 36.7 Å². The quantitative estimate of drug-likeness (QED) is 0.791. The van der Waals surface area contributed by atoms with E-state index in [1.807, 2.05) is 42.1 Å². The third kappa shape index (κ3) is 2.34. The molecule has 2 rings (SSSR count). The Morgan fingerprint density at radius 2 is 2.06 bits per heavy atom. The van der Waals surface area contributed by atoms with Gasteiger partial charge in [-0.25, -0.2) is 0 Å². The molecule has 84 valence electrons. The molecule has 0 spiro atoms. The van der Waals surface area contributed by atoms with E-state index in [9.17, 15) is 0 Å². The van der Waals surface area contributed by atoms with E-state index in [-0.39, 0.29) is 0 Å². The van der Waals surface area contributed by atoms with Gasteiger partial charge in [-0.3, -0.25) is 4.68 Å². The summed E-state index contributed by atoms with van der Waals surface area (Å²) in [7, 11) is 1.63. The average Bonchev–Trinajstić information content (AvgIpc) is 2.77. The van der Waals surface area contributed by atoms with E-state index in [2.05, 4.69) is 5.10 Å². The summed E-state index contributed by atoms with van der Waals surface area (Å²) >= 11 is 0. The normalized spacial score (nSPS) is 10.1. The molecule has 0 fully saturated rings. The smallest absolute Gasteiger partial charge is 0.165 e. The van der Waals surface area contributed by atoms with Crippen LogP contribution in [0.3, 0.4) is 0 Å². The first-order valence-corrected chi connectivity index (χ1v) is 5.16. The summed E-state index contributed by atoms with van der Waals surface area (Å²) in [6, 6.07) is 7.48. The minimum Gasteiger partial charge on any atom is -0.497 e. The number of benzene rings is 1. The van der Waals surface area contributed by atoms with Gasteiger partial charge >= 0.3 is 0 Å². The Hall–Kier alpha value is -1.97. The van der Waals surface area contributed by atoms with E-state index >= 15 is 0 Å². The summed E-state index contributed by atoms with van der Waals surface area (Å²) < 4.78 is 12.6. The third-order valence-corrected chi connectivity index (χ3v) is 2.21. The first-order valence-electron chi connectivity index (χ1n) is 5.16. The van der Waals surface area contributed by atoms with Crippen LogP contribution in [0, 0.1) is 0 Å². The van der Waals surface area contributed by atoms with Crippen LogP contribution in [0.15, 0.2) is 36.7 Å². The molecule has 0 saturated heterocycles. The molecule has 0 saturated carbocycles. The van der Waals surface area contributed by atoms with Crippen molar-refractivity contribution in [3.8, 4) is 17.2 Å². The number of hydrogen-bond donors (Lipinski definition) is 0. The summed E-state index contributed by atoms with van der Waals surface area (Å²) in [6.07, 6.45) is 3.56. The van der Waals surface area contributed by atoms with Crippen molar-refractivity contribution < 1.29 is 9.47 Å². The molecule has 0 N–H and O–H groups in total. The lowest BCUT2D eigenvalue weighted by Gasteiger charge is -2.04. The molecule has 4 nitrogen and oxygen atoms in total. The van der Waals surface area contributed by atoms with Crippen LogP contribution in [-0.2, 0) is 6.54 Å². The molecule has 1 heterocycles. The highest BCUT2D eigenvalue weighted by atomic mass is 16.5. The fraction of sp³-hybridized carbons (Fsp3) is 0.250. The maximum Gasteiger partial charge on any atom is 0.165 e. The Bertz CT molecular complexity index is 466. The average molecular weight is 218 g/mol. The van der Waals surface area contributed by atoms with Crippen LogP contribution < -0.4 is 9.47 Å². The van der Waals surface area contributed by atoms with E-state index in [4.69, 9.17) is 9.47 Å². The van der Waals surface area contributed by atoms with Crippen LogP contribution in [-0.4, -0.2) is 16.9 Å². The fourth-order valence-corrected chi connectivity index (χ4v) is 1.37. The summed E-state index contributed by atoms with van der Waals surface area (Å²) in [6.45, 7) is 2.86. The molecule has 0 bridgehead atoms. The van der Waals surface area contributed by atoms with Gasteiger partial charge in [0.25, 0.3) is 0 Å². The van der Waals surface area contributed by atoms with Crippen LogP contribution in [0.4, 0.5) is 0 Å². The zero-order valence-electron chi connectivity index (χ0n) is 9.38. The molecule has 0 unspecified atom stereocenters. The first-order chi connectivity index (χ1) is 7.81. The van der Waals surface area contributed by atoms with E-state index in [0.717, 1.165) is 23.8 Å². The molecule has 0 aliphatic carbocycles. The molecule has 1 aromatic carbocycles. The topological polar surface area (TPSA) is 36.3 Å². The van der Waals surface area contributed by atoms with Crippen LogP contribution in [0.1, 0.15) is 6.92 Å². The number of nitrogens with zero attached hydrogens (tertiary/aromatic N) is 2. The van der Waals surface area contributed by atoms with Crippen molar-refractivity contribution in [1.29, 1.82) is 0 Å². The highest BCUT2D eigenvalue weighted by molar-refractivity contribution is 5.35. The van der Waals surface area contributed by atoms with Crippen molar-refractivity contribution in [2.24, 2.45) is 0 Å². The van der Waals surface area contributed by atoms with Crippen LogP contribution in [0.25, 0.3) is 0 Å². The number of rotatable bonds is 4. The standard InChI is InChI=1S/C12H14N2O2/c1-3-14-9-12(8-13-14)16-11-6-4-5-10(7-11)15-2/h4-9H,3H2,1-2H3. The second-order valence-corrected chi connectivity index (χ2v) is 3.31. The predicted molar refractivity (Wildman–Crippen MR) is 61.0 cm³/mol. The van der Waals surface area contributed by atoms with Crippen LogP contribution in [0.5, 0.6) is 17.2 Å². The number of aryl methyl sites for hydroxylation is 1. The fourth-order valence-electron chi connectivity index (χ4n) is 1.37. The molecule has 0 aliphatic rings. The lowest BCUT2D eigenvalue weighted by Crippen LogP contribution is -1.92. The molecule has 0 amide bonds. The van der Waals surface area contributed by atoms with Crippen molar-refractivity contribution in [3.63, 3.8) is 0 Å². The molecule has 1 aromatic heterocycles. The molecule has 2 aromatic rings. The van der Waals surface area contributed by atoms with Crippen molar-refractivity contribution in [2.75, 3.05) is 7.11 Å². The van der Waals surface area contributed by atoms with Gasteiger partial charge in [0, 0.05) is 12.6 Å². The molecule has 4 heteroatoms. The maximum absolute atomic E-state index is 5.64. The zero-order chi connectivity index (χ0) is 11.4. The van der Waals surface area contributed by atoms with Crippen LogP contribution in [0.2, 0.25) is 0 Å². The number of aromatic nitrogens is 2. The third-order valence-electron chi connectivity index (χ3n) is 2.21. The van der Waals surface area contributed by atoms with Crippen molar-refractivity contribution >= 4 is 0 Å². The lowest BCUT2D eigenvalue weighted by molar-refractivity contribution is 0.409. The SMILES string of the molecule is CCn1cc(Oc2cccc(OC)c2)cn1. The lowest BCUT2D eigenvalue weighted by atomic mass is 10.3. The van der Waals surface area contributed by atoms with Gasteiger partial charge in [-0.15, -0.1) is 0 Å². The van der Waals surface area contributed by atoms with E-state index in [1.165, 1.54) is 0 Å². The minimum atomic E-state index is 0.732. The minimum absolute atomic E-state index is 0.732. The second-order valence-electron chi connectivity index (χ2n) is 3.31. The van der Waals surface area contributed by atoms with Gasteiger partial charge in [-0.2, -0.15) is 5.10 Å². The largest absolute Gasteiger partial charge is 0.497 e. The van der Waals surface area contributed by atoms with Gasteiger partial charge < -0.3 is 9.47 Å². The summed E-state index contributed by atoms with van der Waals surface area (Å²) in [5.41, 5.74) is 0. The number of ether oxygens (including phenoxy) is 2. The summed E-state index contributed by atoms with van der Waals surface area (Å²) in [5.74, 6) is 2.26. The van der Waals surface area contributed by atoms with Gasteiger partial charge in [0.1, 0.15) is 11.5 Å². The molecular weight excluding hydrogens is 204 g/mol. The second kappa shape index (κ2) is 4.70.